The normalized spacial score (nSPS) is 11.0. The van der Waals surface area contributed by atoms with Crippen molar-refractivity contribution in [1.29, 1.82) is 0 Å². The average molecular weight is 278 g/mol. The molecule has 5 nitrogen and oxygen atoms in total. The van der Waals surface area contributed by atoms with E-state index in [0.717, 1.165) is 11.1 Å². The smallest absolute Gasteiger partial charge is 0.323 e. The van der Waals surface area contributed by atoms with E-state index in [9.17, 15) is 9.59 Å². The highest BCUT2D eigenvalue weighted by Crippen LogP contribution is 2.13. The maximum Gasteiger partial charge on any atom is 0.323 e. The van der Waals surface area contributed by atoms with E-state index in [-0.39, 0.29) is 12.6 Å². The second-order valence-corrected chi connectivity index (χ2v) is 5.80. The summed E-state index contributed by atoms with van der Waals surface area (Å²) >= 11 is 0. The van der Waals surface area contributed by atoms with Crippen molar-refractivity contribution >= 4 is 12.0 Å². The molecule has 0 aromatic heterocycles. The molecule has 0 heterocycles. The van der Waals surface area contributed by atoms with Gasteiger partial charge in [0.1, 0.15) is 6.54 Å². The van der Waals surface area contributed by atoms with E-state index in [4.69, 9.17) is 5.11 Å². The van der Waals surface area contributed by atoms with Gasteiger partial charge < -0.3 is 15.3 Å². The SMILES string of the molecule is Cc1ccc(CNC(=O)N(CC(=O)O)C(C)(C)C)cc1. The molecule has 0 aliphatic rings. The number of nitrogens with one attached hydrogen (secondary N) is 1. The summed E-state index contributed by atoms with van der Waals surface area (Å²) in [5.41, 5.74) is 1.59. The van der Waals surface area contributed by atoms with Crippen LogP contribution in [-0.4, -0.2) is 34.1 Å². The number of rotatable bonds is 4. The van der Waals surface area contributed by atoms with Crippen LogP contribution in [-0.2, 0) is 11.3 Å². The van der Waals surface area contributed by atoms with Crippen LogP contribution < -0.4 is 5.32 Å². The van der Waals surface area contributed by atoms with E-state index in [2.05, 4.69) is 5.32 Å². The predicted octanol–water partition coefficient (Wildman–Crippen LogP) is 2.39. The molecular formula is C15H22N2O3. The number of carbonyl (C=O) groups is 2. The van der Waals surface area contributed by atoms with Crippen molar-refractivity contribution in [3.05, 3.63) is 35.4 Å². The lowest BCUT2D eigenvalue weighted by atomic mass is 10.1. The van der Waals surface area contributed by atoms with E-state index in [1.807, 2.05) is 31.2 Å². The Bertz CT molecular complexity index is 475. The Labute approximate surface area is 119 Å². The molecule has 1 rings (SSSR count). The fraction of sp³-hybridized carbons (Fsp3) is 0.467. The van der Waals surface area contributed by atoms with E-state index in [0.29, 0.717) is 6.54 Å². The molecule has 2 amide bonds. The second kappa shape index (κ2) is 6.41. The summed E-state index contributed by atoms with van der Waals surface area (Å²) in [6.45, 7) is 7.48. The number of hydrogen-bond acceptors (Lipinski definition) is 2. The molecule has 2 N–H and O–H groups in total. The monoisotopic (exact) mass is 278 g/mol. The van der Waals surface area contributed by atoms with E-state index in [1.54, 1.807) is 20.8 Å². The summed E-state index contributed by atoms with van der Waals surface area (Å²) in [7, 11) is 0. The molecule has 0 radical (unpaired) electrons. The van der Waals surface area contributed by atoms with Crippen LogP contribution in [0.4, 0.5) is 4.79 Å². The minimum Gasteiger partial charge on any atom is -0.480 e. The fourth-order valence-electron chi connectivity index (χ4n) is 1.73. The topological polar surface area (TPSA) is 69.6 Å². The summed E-state index contributed by atoms with van der Waals surface area (Å²) in [6.07, 6.45) is 0. The first-order valence-electron chi connectivity index (χ1n) is 6.53. The van der Waals surface area contributed by atoms with Gasteiger partial charge in [-0.1, -0.05) is 29.8 Å². The Morgan fingerprint density at radius 1 is 1.20 bits per heavy atom. The molecular weight excluding hydrogens is 256 g/mol. The molecule has 0 unspecified atom stereocenters. The van der Waals surface area contributed by atoms with Crippen LogP contribution in [0.3, 0.4) is 0 Å². The Balaban J connectivity index is 2.67. The fourth-order valence-corrected chi connectivity index (χ4v) is 1.73. The van der Waals surface area contributed by atoms with Crippen molar-refractivity contribution in [2.24, 2.45) is 0 Å². The number of carboxylic acid groups (broad SMARTS) is 1. The maximum atomic E-state index is 12.1. The summed E-state index contributed by atoms with van der Waals surface area (Å²) in [5.74, 6) is -1.02. The zero-order chi connectivity index (χ0) is 15.3. The standard InChI is InChI=1S/C15H22N2O3/c1-11-5-7-12(8-6-11)9-16-14(20)17(10-13(18)19)15(2,3)4/h5-8H,9-10H2,1-4H3,(H,16,20)(H,18,19). The third kappa shape index (κ3) is 4.91. The molecule has 1 aromatic carbocycles. The van der Waals surface area contributed by atoms with Gasteiger partial charge in [0, 0.05) is 12.1 Å². The van der Waals surface area contributed by atoms with Crippen LogP contribution in [0, 0.1) is 6.92 Å². The Morgan fingerprint density at radius 3 is 2.20 bits per heavy atom. The van der Waals surface area contributed by atoms with Gasteiger partial charge in [0.25, 0.3) is 0 Å². The number of hydrogen-bond donors (Lipinski definition) is 2. The number of urea groups is 1. The summed E-state index contributed by atoms with van der Waals surface area (Å²) in [4.78, 5) is 24.3. The number of carboxylic acids is 1. The average Bonchev–Trinajstić information content (AvgIpc) is 2.33. The second-order valence-electron chi connectivity index (χ2n) is 5.80. The molecule has 0 aliphatic carbocycles. The van der Waals surface area contributed by atoms with Gasteiger partial charge in [-0.2, -0.15) is 0 Å². The van der Waals surface area contributed by atoms with Crippen molar-refractivity contribution in [2.75, 3.05) is 6.54 Å². The number of carbonyl (C=O) groups excluding carboxylic acids is 1. The highest BCUT2D eigenvalue weighted by atomic mass is 16.4. The van der Waals surface area contributed by atoms with Gasteiger partial charge in [-0.25, -0.2) is 4.79 Å². The van der Waals surface area contributed by atoms with Gasteiger partial charge in [-0.3, -0.25) is 4.79 Å². The molecule has 1 aromatic rings. The molecule has 0 saturated heterocycles. The largest absolute Gasteiger partial charge is 0.480 e. The number of amides is 2. The van der Waals surface area contributed by atoms with Gasteiger partial charge in [-0.05, 0) is 33.3 Å². The molecule has 0 saturated carbocycles. The van der Waals surface area contributed by atoms with Gasteiger partial charge in [0.05, 0.1) is 0 Å². The molecule has 5 heteroatoms. The maximum absolute atomic E-state index is 12.1. The Kier molecular flexibility index (Phi) is 5.13. The molecule has 110 valence electrons. The highest BCUT2D eigenvalue weighted by Gasteiger charge is 2.28. The zero-order valence-electron chi connectivity index (χ0n) is 12.4. The molecule has 20 heavy (non-hydrogen) atoms. The van der Waals surface area contributed by atoms with Crippen molar-refractivity contribution in [3.8, 4) is 0 Å². The summed E-state index contributed by atoms with van der Waals surface area (Å²) < 4.78 is 0. The Hall–Kier alpha value is -2.04. The Morgan fingerprint density at radius 2 is 1.75 bits per heavy atom. The lowest BCUT2D eigenvalue weighted by molar-refractivity contribution is -0.138. The van der Waals surface area contributed by atoms with Gasteiger partial charge in [0.15, 0.2) is 0 Å². The molecule has 0 atom stereocenters. The van der Waals surface area contributed by atoms with Crippen molar-refractivity contribution in [1.82, 2.24) is 10.2 Å². The minimum absolute atomic E-state index is 0.316. The van der Waals surface area contributed by atoms with E-state index in [1.165, 1.54) is 4.90 Å². The number of nitrogens with zero attached hydrogens (tertiary/aromatic N) is 1. The van der Waals surface area contributed by atoms with Crippen LogP contribution >= 0.6 is 0 Å². The van der Waals surface area contributed by atoms with Crippen LogP contribution in [0.15, 0.2) is 24.3 Å². The molecule has 0 fully saturated rings. The number of aryl methyl sites for hydroxylation is 1. The first-order chi connectivity index (χ1) is 9.20. The van der Waals surface area contributed by atoms with Crippen molar-refractivity contribution in [2.45, 2.75) is 39.8 Å². The highest BCUT2D eigenvalue weighted by molar-refractivity contribution is 5.80. The van der Waals surface area contributed by atoms with Crippen LogP contribution in [0.25, 0.3) is 0 Å². The lowest BCUT2D eigenvalue weighted by Crippen LogP contribution is -2.52. The van der Waals surface area contributed by atoms with Crippen LogP contribution in [0.1, 0.15) is 31.9 Å². The van der Waals surface area contributed by atoms with E-state index < -0.39 is 11.5 Å². The first kappa shape index (κ1) is 16.0. The quantitative estimate of drug-likeness (QED) is 0.888. The van der Waals surface area contributed by atoms with Gasteiger partial charge in [-0.15, -0.1) is 0 Å². The zero-order valence-corrected chi connectivity index (χ0v) is 12.4. The van der Waals surface area contributed by atoms with Crippen molar-refractivity contribution < 1.29 is 14.7 Å². The third-order valence-electron chi connectivity index (χ3n) is 2.91. The lowest BCUT2D eigenvalue weighted by Gasteiger charge is -2.34. The molecule has 0 spiro atoms. The third-order valence-corrected chi connectivity index (χ3v) is 2.91. The van der Waals surface area contributed by atoms with Gasteiger partial charge >= 0.3 is 12.0 Å². The minimum atomic E-state index is -1.02. The van der Waals surface area contributed by atoms with Crippen LogP contribution in [0.5, 0.6) is 0 Å². The predicted molar refractivity (Wildman–Crippen MR) is 77.5 cm³/mol. The first-order valence-corrected chi connectivity index (χ1v) is 6.53. The number of aliphatic carboxylic acids is 1. The summed E-state index contributed by atoms with van der Waals surface area (Å²) in [5, 5.41) is 11.6. The van der Waals surface area contributed by atoms with E-state index >= 15 is 0 Å². The molecule has 0 bridgehead atoms. The number of benzene rings is 1. The van der Waals surface area contributed by atoms with Gasteiger partial charge in [0.2, 0.25) is 0 Å². The molecule has 0 aliphatic heterocycles. The van der Waals surface area contributed by atoms with Crippen molar-refractivity contribution in [3.63, 3.8) is 0 Å². The van der Waals surface area contributed by atoms with Crippen LogP contribution in [0.2, 0.25) is 0 Å². The summed E-state index contributed by atoms with van der Waals surface area (Å²) in [6, 6.07) is 7.45.